The van der Waals surface area contributed by atoms with E-state index < -0.39 is 0 Å². The highest BCUT2D eigenvalue weighted by Gasteiger charge is 2.25. The maximum absolute atomic E-state index is 8.93. The Morgan fingerprint density at radius 2 is 2.05 bits per heavy atom. The van der Waals surface area contributed by atoms with Gasteiger partial charge in [-0.25, -0.2) is 0 Å². The van der Waals surface area contributed by atoms with Gasteiger partial charge in [-0.05, 0) is 42.0 Å². The maximum Gasteiger partial charge on any atom is 0.143 e. The molecule has 1 fully saturated rings. The number of nitriles is 1. The zero-order valence-corrected chi connectivity index (χ0v) is 12.1. The lowest BCUT2D eigenvalue weighted by molar-refractivity contribution is 0.416. The van der Waals surface area contributed by atoms with Crippen LogP contribution in [0.3, 0.4) is 0 Å². The van der Waals surface area contributed by atoms with Gasteiger partial charge in [0.15, 0.2) is 0 Å². The molecule has 1 saturated carbocycles. The molecule has 0 aliphatic heterocycles. The molecular weight excluding hydrogens is 260 g/mol. The molecule has 0 radical (unpaired) electrons. The minimum absolute atomic E-state index is 0.607. The molecule has 0 unspecified atom stereocenters. The predicted molar refractivity (Wildman–Crippen MR) is 83.5 cm³/mol. The molecule has 3 heteroatoms. The van der Waals surface area contributed by atoms with Crippen LogP contribution >= 0.6 is 0 Å². The summed E-state index contributed by atoms with van der Waals surface area (Å²) in [5.41, 5.74) is 4.32. The van der Waals surface area contributed by atoms with Crippen LogP contribution in [0.4, 0.5) is 5.69 Å². The minimum Gasteiger partial charge on any atom is -0.495 e. The average molecular weight is 278 g/mol. The number of benzene rings is 2. The third-order valence-corrected chi connectivity index (χ3v) is 3.87. The van der Waals surface area contributed by atoms with Crippen LogP contribution in [-0.2, 0) is 6.54 Å². The number of rotatable bonds is 5. The van der Waals surface area contributed by atoms with Crippen LogP contribution in [0.15, 0.2) is 42.5 Å². The van der Waals surface area contributed by atoms with Gasteiger partial charge in [0.25, 0.3) is 0 Å². The summed E-state index contributed by atoms with van der Waals surface area (Å²) in [5.74, 6) is 1.45. The average Bonchev–Trinajstić information content (AvgIpc) is 3.38. The Hall–Kier alpha value is -2.47. The summed E-state index contributed by atoms with van der Waals surface area (Å²) in [4.78, 5) is 0. The fourth-order valence-electron chi connectivity index (χ4n) is 2.59. The third kappa shape index (κ3) is 3.00. The first-order chi connectivity index (χ1) is 10.3. The highest BCUT2D eigenvalue weighted by Crippen LogP contribution is 2.41. The largest absolute Gasteiger partial charge is 0.495 e. The Balaban J connectivity index is 1.78. The molecule has 0 amide bonds. The van der Waals surface area contributed by atoms with Crippen molar-refractivity contribution in [3.8, 4) is 11.8 Å². The van der Waals surface area contributed by atoms with Gasteiger partial charge in [0.05, 0.1) is 24.4 Å². The van der Waals surface area contributed by atoms with E-state index in [-0.39, 0.29) is 0 Å². The second kappa shape index (κ2) is 5.88. The highest BCUT2D eigenvalue weighted by molar-refractivity contribution is 5.59. The van der Waals surface area contributed by atoms with Crippen molar-refractivity contribution in [2.24, 2.45) is 0 Å². The first-order valence-electron chi connectivity index (χ1n) is 7.21. The van der Waals surface area contributed by atoms with Gasteiger partial charge in [-0.3, -0.25) is 0 Å². The number of nitrogens with one attached hydrogen (secondary N) is 1. The van der Waals surface area contributed by atoms with Gasteiger partial charge in [-0.15, -0.1) is 0 Å². The summed E-state index contributed by atoms with van der Waals surface area (Å²) in [6.07, 6.45) is 2.61. The molecule has 1 aliphatic rings. The SMILES string of the molecule is COc1cc(C#N)ccc1NCc1ccccc1C1CC1. The number of methoxy groups -OCH3 is 1. The van der Waals surface area contributed by atoms with Crippen LogP contribution in [-0.4, -0.2) is 7.11 Å². The van der Waals surface area contributed by atoms with Crippen LogP contribution in [0.2, 0.25) is 0 Å². The van der Waals surface area contributed by atoms with E-state index in [0.29, 0.717) is 11.3 Å². The van der Waals surface area contributed by atoms with Crippen LogP contribution in [0, 0.1) is 11.3 Å². The molecule has 0 atom stereocenters. The van der Waals surface area contributed by atoms with Crippen molar-refractivity contribution >= 4 is 5.69 Å². The fraction of sp³-hybridized carbons (Fsp3) is 0.278. The Bertz CT molecular complexity index is 684. The van der Waals surface area contributed by atoms with Crippen molar-refractivity contribution in [2.75, 3.05) is 12.4 Å². The zero-order chi connectivity index (χ0) is 14.7. The lowest BCUT2D eigenvalue weighted by atomic mass is 10.0. The van der Waals surface area contributed by atoms with E-state index in [1.807, 2.05) is 6.07 Å². The van der Waals surface area contributed by atoms with Crippen molar-refractivity contribution < 1.29 is 4.74 Å². The van der Waals surface area contributed by atoms with Gasteiger partial charge in [0, 0.05) is 12.6 Å². The quantitative estimate of drug-likeness (QED) is 0.897. The third-order valence-electron chi connectivity index (χ3n) is 3.87. The standard InChI is InChI=1S/C18H18N2O/c1-21-18-10-13(11-19)6-9-17(18)20-12-15-4-2-3-5-16(15)14-7-8-14/h2-6,9-10,14,20H,7-8,12H2,1H3. The fourth-order valence-corrected chi connectivity index (χ4v) is 2.59. The molecule has 106 valence electrons. The van der Waals surface area contributed by atoms with Gasteiger partial charge < -0.3 is 10.1 Å². The Labute approximate surface area is 125 Å². The molecule has 2 aromatic rings. The highest BCUT2D eigenvalue weighted by atomic mass is 16.5. The summed E-state index contributed by atoms with van der Waals surface area (Å²) in [6, 6.07) is 16.2. The van der Waals surface area contributed by atoms with Gasteiger partial charge in [0.2, 0.25) is 0 Å². The number of hydrogen-bond donors (Lipinski definition) is 1. The predicted octanol–water partition coefficient (Wildman–Crippen LogP) is 4.06. The number of nitrogens with zero attached hydrogens (tertiary/aromatic N) is 1. The molecule has 3 nitrogen and oxygen atoms in total. The monoisotopic (exact) mass is 278 g/mol. The van der Waals surface area contributed by atoms with Crippen LogP contribution in [0.5, 0.6) is 5.75 Å². The number of anilines is 1. The smallest absolute Gasteiger partial charge is 0.143 e. The molecule has 0 spiro atoms. The number of ether oxygens (including phenoxy) is 1. The van der Waals surface area contributed by atoms with E-state index in [1.54, 1.807) is 19.2 Å². The molecule has 0 bridgehead atoms. The summed E-state index contributed by atoms with van der Waals surface area (Å²) in [6.45, 7) is 0.773. The molecule has 3 rings (SSSR count). The first-order valence-corrected chi connectivity index (χ1v) is 7.21. The van der Waals surface area contributed by atoms with Crippen molar-refractivity contribution in [1.82, 2.24) is 0 Å². The minimum atomic E-state index is 0.607. The molecule has 2 aromatic carbocycles. The van der Waals surface area contributed by atoms with E-state index in [9.17, 15) is 0 Å². The lowest BCUT2D eigenvalue weighted by Crippen LogP contribution is -2.04. The summed E-state index contributed by atoms with van der Waals surface area (Å²) < 4.78 is 5.35. The van der Waals surface area contributed by atoms with Crippen molar-refractivity contribution in [1.29, 1.82) is 5.26 Å². The van der Waals surface area contributed by atoms with E-state index in [4.69, 9.17) is 10.00 Å². The molecule has 21 heavy (non-hydrogen) atoms. The summed E-state index contributed by atoms with van der Waals surface area (Å²) in [5, 5.41) is 12.4. The Morgan fingerprint density at radius 3 is 2.76 bits per heavy atom. The van der Waals surface area contributed by atoms with E-state index in [0.717, 1.165) is 18.2 Å². The zero-order valence-electron chi connectivity index (χ0n) is 12.1. The summed E-state index contributed by atoms with van der Waals surface area (Å²) >= 11 is 0. The van der Waals surface area contributed by atoms with E-state index >= 15 is 0 Å². The van der Waals surface area contributed by atoms with Gasteiger partial charge in [-0.2, -0.15) is 5.26 Å². The van der Waals surface area contributed by atoms with E-state index in [2.05, 4.69) is 35.7 Å². The first kappa shape index (κ1) is 13.5. The molecule has 0 aromatic heterocycles. The Morgan fingerprint density at radius 1 is 1.24 bits per heavy atom. The molecule has 0 heterocycles. The van der Waals surface area contributed by atoms with Crippen molar-refractivity contribution in [2.45, 2.75) is 25.3 Å². The van der Waals surface area contributed by atoms with Crippen LogP contribution in [0.25, 0.3) is 0 Å². The van der Waals surface area contributed by atoms with Gasteiger partial charge in [0.1, 0.15) is 5.75 Å². The lowest BCUT2D eigenvalue weighted by Gasteiger charge is -2.13. The second-order valence-corrected chi connectivity index (χ2v) is 5.35. The Kier molecular flexibility index (Phi) is 3.79. The molecular formula is C18H18N2O. The summed E-state index contributed by atoms with van der Waals surface area (Å²) in [7, 11) is 1.62. The number of hydrogen-bond acceptors (Lipinski definition) is 3. The van der Waals surface area contributed by atoms with Crippen LogP contribution in [0.1, 0.15) is 35.4 Å². The molecule has 1 N–H and O–H groups in total. The topological polar surface area (TPSA) is 45.0 Å². The van der Waals surface area contributed by atoms with Gasteiger partial charge >= 0.3 is 0 Å². The van der Waals surface area contributed by atoms with E-state index in [1.165, 1.54) is 24.0 Å². The second-order valence-electron chi connectivity index (χ2n) is 5.35. The normalized spacial score (nSPS) is 13.5. The van der Waals surface area contributed by atoms with Crippen molar-refractivity contribution in [3.05, 3.63) is 59.2 Å². The van der Waals surface area contributed by atoms with Gasteiger partial charge in [-0.1, -0.05) is 24.3 Å². The maximum atomic E-state index is 8.93. The molecule has 1 aliphatic carbocycles. The van der Waals surface area contributed by atoms with Crippen LogP contribution < -0.4 is 10.1 Å². The van der Waals surface area contributed by atoms with Crippen molar-refractivity contribution in [3.63, 3.8) is 0 Å². The molecule has 0 saturated heterocycles.